The van der Waals surface area contributed by atoms with Crippen molar-refractivity contribution in [1.82, 2.24) is 5.32 Å². The van der Waals surface area contributed by atoms with Crippen LogP contribution < -0.4 is 10.6 Å². The van der Waals surface area contributed by atoms with Crippen LogP contribution in [0.1, 0.15) is 26.7 Å². The number of halogens is 1. The molecular formula is C16H21FN2O2. The Balaban J connectivity index is 1.79. The summed E-state index contributed by atoms with van der Waals surface area (Å²) in [6, 6.07) is 6.01. The zero-order chi connectivity index (χ0) is 15.4. The second-order valence-electron chi connectivity index (χ2n) is 5.89. The lowest BCUT2D eigenvalue weighted by atomic mass is 10.1. The van der Waals surface area contributed by atoms with Crippen LogP contribution in [0.15, 0.2) is 24.3 Å². The van der Waals surface area contributed by atoms with E-state index in [9.17, 15) is 14.0 Å². The van der Waals surface area contributed by atoms with Gasteiger partial charge in [0, 0.05) is 6.54 Å². The molecule has 0 heterocycles. The zero-order valence-electron chi connectivity index (χ0n) is 12.4. The number of amides is 2. The van der Waals surface area contributed by atoms with Gasteiger partial charge in [-0.25, -0.2) is 4.39 Å². The molecule has 0 aromatic heterocycles. The van der Waals surface area contributed by atoms with Crippen LogP contribution in [0.4, 0.5) is 10.1 Å². The highest BCUT2D eigenvalue weighted by Crippen LogP contribution is 2.39. The van der Waals surface area contributed by atoms with Crippen molar-refractivity contribution < 1.29 is 14.0 Å². The summed E-state index contributed by atoms with van der Waals surface area (Å²) < 4.78 is 13.4. The molecule has 1 saturated carbocycles. The molecule has 1 aliphatic carbocycles. The molecule has 1 aromatic rings. The van der Waals surface area contributed by atoms with Gasteiger partial charge in [-0.15, -0.1) is 0 Å². The summed E-state index contributed by atoms with van der Waals surface area (Å²) in [6.45, 7) is 4.82. The topological polar surface area (TPSA) is 58.2 Å². The van der Waals surface area contributed by atoms with Crippen LogP contribution in [0.2, 0.25) is 0 Å². The fourth-order valence-electron chi connectivity index (χ4n) is 2.18. The van der Waals surface area contributed by atoms with Crippen LogP contribution in [-0.2, 0) is 9.59 Å². The molecule has 0 spiro atoms. The van der Waals surface area contributed by atoms with E-state index in [0.717, 1.165) is 6.42 Å². The van der Waals surface area contributed by atoms with Gasteiger partial charge in [-0.1, -0.05) is 26.0 Å². The summed E-state index contributed by atoms with van der Waals surface area (Å²) in [6.07, 6.45) is 1.46. The number of benzene rings is 1. The number of rotatable bonds is 6. The Kier molecular flexibility index (Phi) is 4.94. The Morgan fingerprint density at radius 3 is 2.57 bits per heavy atom. The number of hydrogen-bond acceptors (Lipinski definition) is 2. The quantitative estimate of drug-likeness (QED) is 0.846. The summed E-state index contributed by atoms with van der Waals surface area (Å²) in [7, 11) is 0. The van der Waals surface area contributed by atoms with Crippen molar-refractivity contribution in [3.05, 3.63) is 30.1 Å². The van der Waals surface area contributed by atoms with Crippen LogP contribution >= 0.6 is 0 Å². The van der Waals surface area contributed by atoms with Gasteiger partial charge in [0.1, 0.15) is 5.82 Å². The summed E-state index contributed by atoms with van der Waals surface area (Å²) >= 11 is 0. The number of hydrogen-bond donors (Lipinski definition) is 2. The molecule has 114 valence electrons. The Bertz CT molecular complexity index is 531. The monoisotopic (exact) mass is 292 g/mol. The molecule has 21 heavy (non-hydrogen) atoms. The molecule has 5 heteroatoms. The predicted octanol–water partition coefficient (Wildman–Crippen LogP) is 2.56. The molecule has 0 radical (unpaired) electrons. The third-order valence-corrected chi connectivity index (χ3v) is 3.62. The maximum atomic E-state index is 13.4. The van der Waals surface area contributed by atoms with Crippen LogP contribution in [0.3, 0.4) is 0 Å². The summed E-state index contributed by atoms with van der Waals surface area (Å²) in [5, 5.41) is 5.38. The Morgan fingerprint density at radius 2 is 1.90 bits per heavy atom. The van der Waals surface area contributed by atoms with Crippen molar-refractivity contribution in [2.45, 2.75) is 26.7 Å². The van der Waals surface area contributed by atoms with E-state index in [4.69, 9.17) is 0 Å². The maximum Gasteiger partial charge on any atom is 0.228 e. The average molecular weight is 292 g/mol. The highest BCUT2D eigenvalue weighted by Gasteiger charge is 2.47. The van der Waals surface area contributed by atoms with Gasteiger partial charge in [0.2, 0.25) is 11.8 Å². The molecule has 0 aliphatic heterocycles. The van der Waals surface area contributed by atoms with E-state index in [1.807, 2.05) is 0 Å². The van der Waals surface area contributed by atoms with E-state index in [1.165, 1.54) is 12.1 Å². The molecule has 0 saturated heterocycles. The first-order valence-corrected chi connectivity index (χ1v) is 7.32. The van der Waals surface area contributed by atoms with Crippen molar-refractivity contribution in [1.29, 1.82) is 0 Å². The molecule has 2 rings (SSSR count). The van der Waals surface area contributed by atoms with Crippen molar-refractivity contribution in [3.63, 3.8) is 0 Å². The fraction of sp³-hybridized carbons (Fsp3) is 0.500. The highest BCUT2D eigenvalue weighted by atomic mass is 19.1. The molecule has 0 bridgehead atoms. The van der Waals surface area contributed by atoms with E-state index in [1.54, 1.807) is 12.1 Å². The molecule has 2 N–H and O–H groups in total. The molecule has 2 amide bonds. The lowest BCUT2D eigenvalue weighted by Crippen LogP contribution is -2.29. The number of nitrogens with one attached hydrogen (secondary N) is 2. The zero-order valence-corrected chi connectivity index (χ0v) is 12.4. The minimum absolute atomic E-state index is 0.0793. The summed E-state index contributed by atoms with van der Waals surface area (Å²) in [4.78, 5) is 23.8. The van der Waals surface area contributed by atoms with E-state index in [-0.39, 0.29) is 29.3 Å². The second kappa shape index (κ2) is 6.70. The molecule has 1 aliphatic rings. The lowest BCUT2D eigenvalue weighted by Gasteiger charge is -2.07. The molecule has 2 unspecified atom stereocenters. The molecule has 1 aromatic carbocycles. The maximum absolute atomic E-state index is 13.4. The largest absolute Gasteiger partial charge is 0.356 e. The van der Waals surface area contributed by atoms with Gasteiger partial charge in [-0.2, -0.15) is 0 Å². The van der Waals surface area contributed by atoms with Crippen LogP contribution in [0.5, 0.6) is 0 Å². The molecular weight excluding hydrogens is 271 g/mol. The number of carbonyl (C=O) groups excluding carboxylic acids is 2. The number of para-hydroxylation sites is 1. The van der Waals surface area contributed by atoms with Crippen LogP contribution in [-0.4, -0.2) is 18.4 Å². The standard InChI is InChI=1S/C16H21FN2O2/c1-10(2)7-8-18-15(20)11-9-12(11)16(21)19-14-6-4-3-5-13(14)17/h3-6,10-12H,7-9H2,1-2H3,(H,18,20)(H,19,21). The highest BCUT2D eigenvalue weighted by molar-refractivity contribution is 5.99. The van der Waals surface area contributed by atoms with Crippen molar-refractivity contribution >= 4 is 17.5 Å². The first-order valence-electron chi connectivity index (χ1n) is 7.32. The Labute approximate surface area is 124 Å². The van der Waals surface area contributed by atoms with Crippen LogP contribution in [0.25, 0.3) is 0 Å². The number of anilines is 1. The fourth-order valence-corrected chi connectivity index (χ4v) is 2.18. The van der Waals surface area contributed by atoms with Gasteiger partial charge in [-0.3, -0.25) is 9.59 Å². The predicted molar refractivity (Wildman–Crippen MR) is 79.1 cm³/mol. The van der Waals surface area contributed by atoms with Gasteiger partial charge >= 0.3 is 0 Å². The first kappa shape index (κ1) is 15.5. The van der Waals surface area contributed by atoms with Gasteiger partial charge in [0.25, 0.3) is 0 Å². The average Bonchev–Trinajstić information content (AvgIpc) is 3.21. The third kappa shape index (κ3) is 4.28. The summed E-state index contributed by atoms with van der Waals surface area (Å²) in [5.74, 6) is -0.921. The minimum atomic E-state index is -0.468. The second-order valence-corrected chi connectivity index (χ2v) is 5.89. The van der Waals surface area contributed by atoms with Crippen molar-refractivity contribution in [2.75, 3.05) is 11.9 Å². The first-order chi connectivity index (χ1) is 9.99. The molecule has 2 atom stereocenters. The van der Waals surface area contributed by atoms with E-state index in [2.05, 4.69) is 24.5 Å². The van der Waals surface area contributed by atoms with Crippen molar-refractivity contribution in [3.8, 4) is 0 Å². The smallest absolute Gasteiger partial charge is 0.228 e. The SMILES string of the molecule is CC(C)CCNC(=O)C1CC1C(=O)Nc1ccccc1F. The van der Waals surface area contributed by atoms with Gasteiger partial charge in [0.15, 0.2) is 0 Å². The summed E-state index contributed by atoms with van der Waals surface area (Å²) in [5.41, 5.74) is 0.161. The van der Waals surface area contributed by atoms with Gasteiger partial charge < -0.3 is 10.6 Å². The van der Waals surface area contributed by atoms with Gasteiger partial charge in [0.05, 0.1) is 17.5 Å². The van der Waals surface area contributed by atoms with Crippen LogP contribution in [0, 0.1) is 23.6 Å². The molecule has 4 nitrogen and oxygen atoms in total. The lowest BCUT2D eigenvalue weighted by molar-refractivity contribution is -0.125. The Morgan fingerprint density at radius 1 is 1.24 bits per heavy atom. The molecule has 1 fully saturated rings. The van der Waals surface area contributed by atoms with Crippen molar-refractivity contribution in [2.24, 2.45) is 17.8 Å². The third-order valence-electron chi connectivity index (χ3n) is 3.62. The van der Waals surface area contributed by atoms with Gasteiger partial charge in [-0.05, 0) is 30.9 Å². The Hall–Kier alpha value is -1.91. The normalized spacial score (nSPS) is 20.2. The van der Waals surface area contributed by atoms with E-state index >= 15 is 0 Å². The van der Waals surface area contributed by atoms with E-state index < -0.39 is 5.82 Å². The minimum Gasteiger partial charge on any atom is -0.356 e. The number of carbonyl (C=O) groups is 2. The van der Waals surface area contributed by atoms with E-state index in [0.29, 0.717) is 18.9 Å².